The molecule has 1 aromatic carbocycles. The molecule has 33 heavy (non-hydrogen) atoms. The average molecular weight is 474 g/mol. The van der Waals surface area contributed by atoms with Crippen molar-refractivity contribution in [2.75, 3.05) is 37.8 Å². The van der Waals surface area contributed by atoms with Crippen molar-refractivity contribution in [2.24, 2.45) is 0 Å². The first-order chi connectivity index (χ1) is 15.7. The number of ether oxygens (including phenoxy) is 2. The van der Waals surface area contributed by atoms with Gasteiger partial charge >= 0.3 is 6.01 Å². The van der Waals surface area contributed by atoms with Gasteiger partial charge in [-0.25, -0.2) is 9.37 Å². The van der Waals surface area contributed by atoms with Crippen molar-refractivity contribution in [1.29, 1.82) is 0 Å². The van der Waals surface area contributed by atoms with E-state index in [1.807, 2.05) is 18.7 Å². The molecule has 0 bridgehead atoms. The van der Waals surface area contributed by atoms with Crippen molar-refractivity contribution in [2.45, 2.75) is 26.1 Å². The molecule has 12 heteroatoms. The van der Waals surface area contributed by atoms with E-state index in [0.717, 1.165) is 6.07 Å². The average Bonchev–Trinajstić information content (AvgIpc) is 3.20. The fraction of sp³-hybridized carbons (Fsp3) is 0.381. The van der Waals surface area contributed by atoms with Crippen LogP contribution in [0.3, 0.4) is 0 Å². The van der Waals surface area contributed by atoms with Crippen LogP contribution in [0.2, 0.25) is 0 Å². The molecule has 1 saturated heterocycles. The summed E-state index contributed by atoms with van der Waals surface area (Å²) in [7, 11) is 3.19. The Balaban J connectivity index is 1.69. The molecule has 4 rings (SSSR count). The minimum absolute atomic E-state index is 0.0170. The zero-order valence-corrected chi connectivity index (χ0v) is 19.5. The number of morpholine rings is 1. The molecular formula is C21H24FN7O3S. The van der Waals surface area contributed by atoms with Gasteiger partial charge in [0, 0.05) is 32.7 Å². The molecule has 1 fully saturated rings. The number of thiazole rings is 1. The molecular weight excluding hydrogens is 449 g/mol. The molecule has 0 saturated carbocycles. The van der Waals surface area contributed by atoms with Gasteiger partial charge in [0.05, 0.1) is 23.3 Å². The van der Waals surface area contributed by atoms with Crippen LogP contribution in [0.4, 0.5) is 15.5 Å². The van der Waals surface area contributed by atoms with Crippen LogP contribution >= 0.6 is 11.3 Å². The highest BCUT2D eigenvalue weighted by Crippen LogP contribution is 2.30. The number of benzene rings is 1. The molecule has 0 unspecified atom stereocenters. The number of hydrogen-bond acceptors (Lipinski definition) is 10. The standard InChI is InChI=1S/C21H24FN7O3S/c1-11-9-29(10-12(2)31-11)20-25-17(16-8-24-19(23)33-16)26-21(27-20)32-15-6-5-13(7-14(15)22)18(30)28(3)4/h5-8,11-12H,9-10H2,1-4H3,(H2,23,24)/t11-,12-/m1/s1. The van der Waals surface area contributed by atoms with Gasteiger partial charge in [0.25, 0.3) is 5.91 Å². The van der Waals surface area contributed by atoms with Gasteiger partial charge < -0.3 is 25.0 Å². The smallest absolute Gasteiger partial charge is 0.327 e. The first-order valence-electron chi connectivity index (χ1n) is 10.3. The summed E-state index contributed by atoms with van der Waals surface area (Å²) in [6.45, 7) is 5.09. The fourth-order valence-electron chi connectivity index (χ4n) is 3.45. The van der Waals surface area contributed by atoms with Crippen molar-refractivity contribution in [3.05, 3.63) is 35.8 Å². The van der Waals surface area contributed by atoms with Crippen molar-refractivity contribution in [3.8, 4) is 22.5 Å². The Kier molecular flexibility index (Phi) is 6.38. The molecule has 174 valence electrons. The van der Waals surface area contributed by atoms with E-state index in [1.54, 1.807) is 20.3 Å². The third-order valence-corrected chi connectivity index (χ3v) is 5.66. The van der Waals surface area contributed by atoms with E-state index in [9.17, 15) is 9.18 Å². The Morgan fingerprint density at radius 2 is 1.97 bits per heavy atom. The highest BCUT2D eigenvalue weighted by atomic mass is 32.1. The van der Waals surface area contributed by atoms with Gasteiger partial charge in [0.15, 0.2) is 22.5 Å². The maximum Gasteiger partial charge on any atom is 0.327 e. The summed E-state index contributed by atoms with van der Waals surface area (Å²) in [6.07, 6.45) is 1.53. The van der Waals surface area contributed by atoms with Crippen molar-refractivity contribution >= 4 is 28.3 Å². The fourth-order valence-corrected chi connectivity index (χ4v) is 4.07. The molecule has 2 aromatic heterocycles. The summed E-state index contributed by atoms with van der Waals surface area (Å²) in [5, 5.41) is 0.371. The van der Waals surface area contributed by atoms with Gasteiger partial charge in [-0.2, -0.15) is 15.0 Å². The Hall–Kier alpha value is -3.38. The zero-order chi connectivity index (χ0) is 23.7. The van der Waals surface area contributed by atoms with Crippen LogP contribution in [0.5, 0.6) is 11.8 Å². The number of hydrogen-bond donors (Lipinski definition) is 1. The summed E-state index contributed by atoms with van der Waals surface area (Å²) in [5.41, 5.74) is 5.98. The van der Waals surface area contributed by atoms with Crippen LogP contribution in [0.15, 0.2) is 24.4 Å². The Morgan fingerprint density at radius 3 is 2.58 bits per heavy atom. The number of carbonyl (C=O) groups is 1. The van der Waals surface area contributed by atoms with Crippen LogP contribution in [0.25, 0.3) is 10.7 Å². The molecule has 10 nitrogen and oxygen atoms in total. The lowest BCUT2D eigenvalue weighted by Gasteiger charge is -2.35. The monoisotopic (exact) mass is 473 g/mol. The van der Waals surface area contributed by atoms with E-state index >= 15 is 0 Å². The zero-order valence-electron chi connectivity index (χ0n) is 18.6. The summed E-state index contributed by atoms with van der Waals surface area (Å²) in [4.78, 5) is 33.4. The predicted molar refractivity (Wildman–Crippen MR) is 122 cm³/mol. The molecule has 0 spiro atoms. The molecule has 3 aromatic rings. The van der Waals surface area contributed by atoms with Crippen molar-refractivity contribution in [1.82, 2.24) is 24.8 Å². The van der Waals surface area contributed by atoms with E-state index < -0.39 is 5.82 Å². The minimum Gasteiger partial charge on any atom is -0.421 e. The van der Waals surface area contributed by atoms with E-state index in [-0.39, 0.29) is 35.4 Å². The Morgan fingerprint density at radius 1 is 1.24 bits per heavy atom. The Labute approximate surface area is 194 Å². The van der Waals surface area contributed by atoms with Gasteiger partial charge in [0.1, 0.15) is 0 Å². The third kappa shape index (κ3) is 5.17. The molecule has 0 radical (unpaired) electrons. The largest absolute Gasteiger partial charge is 0.421 e. The second kappa shape index (κ2) is 9.24. The number of nitrogen functional groups attached to an aromatic ring is 1. The molecule has 0 aliphatic carbocycles. The molecule has 3 heterocycles. The van der Waals surface area contributed by atoms with E-state index in [1.165, 1.54) is 28.4 Å². The van der Waals surface area contributed by atoms with Crippen LogP contribution < -0.4 is 15.4 Å². The van der Waals surface area contributed by atoms with Crippen LogP contribution in [-0.2, 0) is 4.74 Å². The molecule has 2 N–H and O–H groups in total. The second-order valence-electron chi connectivity index (χ2n) is 7.91. The number of amides is 1. The van der Waals surface area contributed by atoms with E-state index in [4.69, 9.17) is 15.2 Å². The highest BCUT2D eigenvalue weighted by molar-refractivity contribution is 7.18. The van der Waals surface area contributed by atoms with Crippen LogP contribution in [-0.4, -0.2) is 70.1 Å². The van der Waals surface area contributed by atoms with Gasteiger partial charge in [0.2, 0.25) is 5.95 Å². The van der Waals surface area contributed by atoms with Gasteiger partial charge in [-0.05, 0) is 32.0 Å². The highest BCUT2D eigenvalue weighted by Gasteiger charge is 2.26. The maximum absolute atomic E-state index is 14.7. The molecule has 1 amide bonds. The first-order valence-corrected chi connectivity index (χ1v) is 11.1. The van der Waals surface area contributed by atoms with Gasteiger partial charge in [-0.15, -0.1) is 0 Å². The van der Waals surface area contributed by atoms with Crippen LogP contribution in [0, 0.1) is 5.82 Å². The minimum atomic E-state index is -0.707. The van der Waals surface area contributed by atoms with Crippen molar-refractivity contribution in [3.63, 3.8) is 0 Å². The quantitative estimate of drug-likeness (QED) is 0.596. The number of halogens is 1. The lowest BCUT2D eigenvalue weighted by atomic mass is 10.2. The second-order valence-corrected chi connectivity index (χ2v) is 8.98. The number of aromatic nitrogens is 4. The third-order valence-electron chi connectivity index (χ3n) is 4.84. The molecule has 1 aliphatic rings. The first kappa shape index (κ1) is 22.8. The van der Waals surface area contributed by atoms with Crippen molar-refractivity contribution < 1.29 is 18.7 Å². The molecule has 1 aliphatic heterocycles. The number of nitrogens with two attached hydrogens (primary N) is 1. The number of anilines is 2. The SMILES string of the molecule is C[C@@H]1CN(c2nc(Oc3ccc(C(=O)N(C)C)cc3F)nc(-c3cnc(N)s3)n2)C[C@@H](C)O1. The molecule has 2 atom stereocenters. The summed E-state index contributed by atoms with van der Waals surface area (Å²) in [6, 6.07) is 3.90. The van der Waals surface area contributed by atoms with E-state index in [0.29, 0.717) is 34.9 Å². The topological polar surface area (TPSA) is 120 Å². The lowest BCUT2D eigenvalue weighted by Crippen LogP contribution is -2.46. The normalized spacial score (nSPS) is 18.3. The van der Waals surface area contributed by atoms with E-state index in [2.05, 4.69) is 19.9 Å². The summed E-state index contributed by atoms with van der Waals surface area (Å²) >= 11 is 1.22. The lowest BCUT2D eigenvalue weighted by molar-refractivity contribution is -0.00576. The van der Waals surface area contributed by atoms with Gasteiger partial charge in [-0.3, -0.25) is 4.79 Å². The van der Waals surface area contributed by atoms with Gasteiger partial charge in [-0.1, -0.05) is 11.3 Å². The number of nitrogens with zero attached hydrogens (tertiary/aromatic N) is 6. The predicted octanol–water partition coefficient (Wildman–Crippen LogP) is 2.82. The summed E-state index contributed by atoms with van der Waals surface area (Å²) in [5.74, 6) is -0.439. The number of carbonyl (C=O) groups excluding carboxylic acids is 1. The van der Waals surface area contributed by atoms with Crippen LogP contribution in [0.1, 0.15) is 24.2 Å². The summed E-state index contributed by atoms with van der Waals surface area (Å²) < 4.78 is 26.2. The number of rotatable bonds is 5. The maximum atomic E-state index is 14.7. The Bertz CT molecular complexity index is 1160.